The summed E-state index contributed by atoms with van der Waals surface area (Å²) in [4.78, 5) is 12.2. The summed E-state index contributed by atoms with van der Waals surface area (Å²) in [6.07, 6.45) is 0. The van der Waals surface area contributed by atoms with Crippen LogP contribution in [0, 0.1) is 11.8 Å². The Kier molecular flexibility index (Phi) is 1.83. The Labute approximate surface area is 61.2 Å². The molecule has 2 amide bonds. The molecule has 3 heteroatoms. The maximum Gasteiger partial charge on any atom is 0.314 e. The Balaban J connectivity index is 2.24. The highest BCUT2D eigenvalue weighted by Crippen LogP contribution is 2.22. The van der Waals surface area contributed by atoms with Gasteiger partial charge in [0.05, 0.1) is 0 Å². The Morgan fingerprint density at radius 2 is 2.10 bits per heavy atom. The van der Waals surface area contributed by atoms with Gasteiger partial charge in [-0.2, -0.15) is 0 Å². The van der Waals surface area contributed by atoms with Gasteiger partial charge in [-0.1, -0.05) is 13.8 Å². The first-order chi connectivity index (χ1) is 4.61. The molecule has 1 heterocycles. The highest BCUT2D eigenvalue weighted by atomic mass is 16.2. The first kappa shape index (κ1) is 7.38. The first-order valence-corrected chi connectivity index (χ1v) is 3.65. The third-order valence-electron chi connectivity index (χ3n) is 2.16. The molecule has 0 saturated carbocycles. The molecule has 0 aromatic heterocycles. The van der Waals surface area contributed by atoms with Gasteiger partial charge in [0.1, 0.15) is 0 Å². The van der Waals surface area contributed by atoms with Crippen LogP contribution in [0.1, 0.15) is 13.8 Å². The quantitative estimate of drug-likeness (QED) is 0.574. The van der Waals surface area contributed by atoms with Crippen LogP contribution in [0.4, 0.5) is 4.79 Å². The van der Waals surface area contributed by atoms with E-state index in [1.807, 2.05) is 0 Å². The molecule has 0 aliphatic carbocycles. The van der Waals surface area contributed by atoms with E-state index in [0.717, 1.165) is 13.1 Å². The average molecular weight is 142 g/mol. The van der Waals surface area contributed by atoms with E-state index in [-0.39, 0.29) is 6.03 Å². The average Bonchev–Trinajstić information content (AvgIpc) is 1.56. The van der Waals surface area contributed by atoms with E-state index >= 15 is 0 Å². The molecule has 0 bridgehead atoms. The topological polar surface area (TPSA) is 46.3 Å². The minimum atomic E-state index is -0.281. The van der Waals surface area contributed by atoms with Crippen LogP contribution in [0.15, 0.2) is 0 Å². The fourth-order valence-corrected chi connectivity index (χ4v) is 1.11. The highest BCUT2D eigenvalue weighted by Gasteiger charge is 2.30. The molecule has 0 aromatic rings. The van der Waals surface area contributed by atoms with Gasteiger partial charge in [-0.05, 0) is 11.8 Å². The van der Waals surface area contributed by atoms with Crippen molar-refractivity contribution in [3.8, 4) is 0 Å². The van der Waals surface area contributed by atoms with Crippen LogP contribution in [0.3, 0.4) is 0 Å². The highest BCUT2D eigenvalue weighted by molar-refractivity contribution is 5.72. The standard InChI is InChI=1S/C7H14N2O/c1-5(2)6-3-9(4-6)7(8)10/h5-6H,3-4H2,1-2H3,(H2,8,10). The molecule has 0 radical (unpaired) electrons. The van der Waals surface area contributed by atoms with Crippen molar-refractivity contribution >= 4 is 6.03 Å². The molecule has 0 aromatic carbocycles. The fourth-order valence-electron chi connectivity index (χ4n) is 1.11. The Hall–Kier alpha value is -0.730. The molecule has 0 atom stereocenters. The van der Waals surface area contributed by atoms with Gasteiger partial charge in [0.25, 0.3) is 0 Å². The van der Waals surface area contributed by atoms with Crippen LogP contribution in [0.2, 0.25) is 0 Å². The molecule has 1 aliphatic heterocycles. The fraction of sp³-hybridized carbons (Fsp3) is 0.857. The van der Waals surface area contributed by atoms with Crippen molar-refractivity contribution in [2.24, 2.45) is 17.6 Å². The summed E-state index contributed by atoms with van der Waals surface area (Å²) in [5.74, 6) is 1.35. The van der Waals surface area contributed by atoms with E-state index in [0.29, 0.717) is 11.8 Å². The lowest BCUT2D eigenvalue weighted by Gasteiger charge is -2.40. The number of nitrogens with zero attached hydrogens (tertiary/aromatic N) is 1. The summed E-state index contributed by atoms with van der Waals surface area (Å²) in [6, 6.07) is -0.281. The van der Waals surface area contributed by atoms with Crippen molar-refractivity contribution in [1.29, 1.82) is 0 Å². The van der Waals surface area contributed by atoms with E-state index in [2.05, 4.69) is 13.8 Å². The minimum Gasteiger partial charge on any atom is -0.351 e. The number of rotatable bonds is 1. The summed E-state index contributed by atoms with van der Waals surface area (Å²) in [7, 11) is 0. The van der Waals surface area contributed by atoms with Crippen molar-refractivity contribution in [2.45, 2.75) is 13.8 Å². The van der Waals surface area contributed by atoms with Crippen LogP contribution >= 0.6 is 0 Å². The van der Waals surface area contributed by atoms with Gasteiger partial charge in [-0.3, -0.25) is 0 Å². The summed E-state index contributed by atoms with van der Waals surface area (Å²) in [5.41, 5.74) is 5.05. The van der Waals surface area contributed by atoms with E-state index in [1.54, 1.807) is 4.90 Å². The SMILES string of the molecule is CC(C)C1CN(C(N)=O)C1. The van der Waals surface area contributed by atoms with Gasteiger partial charge in [-0.15, -0.1) is 0 Å². The number of urea groups is 1. The summed E-state index contributed by atoms with van der Waals surface area (Å²) in [5, 5.41) is 0. The van der Waals surface area contributed by atoms with Gasteiger partial charge in [0.2, 0.25) is 0 Å². The molecule has 1 rings (SSSR count). The van der Waals surface area contributed by atoms with E-state index < -0.39 is 0 Å². The number of hydrogen-bond donors (Lipinski definition) is 1. The van der Waals surface area contributed by atoms with Gasteiger partial charge in [0.15, 0.2) is 0 Å². The lowest BCUT2D eigenvalue weighted by atomic mass is 9.89. The Bertz CT molecular complexity index is 139. The van der Waals surface area contributed by atoms with Crippen molar-refractivity contribution in [1.82, 2.24) is 4.90 Å². The second-order valence-electron chi connectivity index (χ2n) is 3.25. The molecule has 1 aliphatic rings. The number of carbonyl (C=O) groups excluding carboxylic acids is 1. The molecule has 1 fully saturated rings. The minimum absolute atomic E-state index is 0.281. The van der Waals surface area contributed by atoms with Crippen molar-refractivity contribution in [3.63, 3.8) is 0 Å². The normalized spacial score (nSPS) is 19.3. The Morgan fingerprint density at radius 3 is 2.40 bits per heavy atom. The largest absolute Gasteiger partial charge is 0.351 e. The molecule has 0 unspecified atom stereocenters. The third-order valence-corrected chi connectivity index (χ3v) is 2.16. The van der Waals surface area contributed by atoms with Gasteiger partial charge in [-0.25, -0.2) is 4.79 Å². The molecule has 58 valence electrons. The van der Waals surface area contributed by atoms with Gasteiger partial charge < -0.3 is 10.6 Å². The Morgan fingerprint density at radius 1 is 1.60 bits per heavy atom. The molecule has 2 N–H and O–H groups in total. The van der Waals surface area contributed by atoms with Crippen LogP contribution in [-0.4, -0.2) is 24.0 Å². The second kappa shape index (κ2) is 2.48. The number of hydrogen-bond acceptors (Lipinski definition) is 1. The summed E-state index contributed by atoms with van der Waals surface area (Å²) in [6.45, 7) is 6.05. The molecular formula is C7H14N2O. The van der Waals surface area contributed by atoms with Crippen molar-refractivity contribution in [3.05, 3.63) is 0 Å². The lowest BCUT2D eigenvalue weighted by Crippen LogP contribution is -2.53. The number of likely N-dealkylation sites (tertiary alicyclic amines) is 1. The molecule has 10 heavy (non-hydrogen) atoms. The number of nitrogens with two attached hydrogens (primary N) is 1. The predicted molar refractivity (Wildman–Crippen MR) is 39.5 cm³/mol. The number of carbonyl (C=O) groups is 1. The zero-order valence-electron chi connectivity index (χ0n) is 6.50. The van der Waals surface area contributed by atoms with Crippen molar-refractivity contribution < 1.29 is 4.79 Å². The van der Waals surface area contributed by atoms with Crippen LogP contribution in [0.5, 0.6) is 0 Å². The molecular weight excluding hydrogens is 128 g/mol. The monoisotopic (exact) mass is 142 g/mol. The second-order valence-corrected chi connectivity index (χ2v) is 3.25. The number of primary amides is 1. The molecule has 0 spiro atoms. The molecule has 1 saturated heterocycles. The van der Waals surface area contributed by atoms with Gasteiger partial charge >= 0.3 is 6.03 Å². The van der Waals surface area contributed by atoms with E-state index in [4.69, 9.17) is 5.73 Å². The molecule has 3 nitrogen and oxygen atoms in total. The smallest absolute Gasteiger partial charge is 0.314 e. The van der Waals surface area contributed by atoms with E-state index in [9.17, 15) is 4.79 Å². The summed E-state index contributed by atoms with van der Waals surface area (Å²) < 4.78 is 0. The maximum absolute atomic E-state index is 10.5. The third kappa shape index (κ3) is 1.23. The number of amides is 2. The lowest BCUT2D eigenvalue weighted by molar-refractivity contribution is 0.0998. The van der Waals surface area contributed by atoms with E-state index in [1.165, 1.54) is 0 Å². The van der Waals surface area contributed by atoms with Crippen LogP contribution in [0.25, 0.3) is 0 Å². The predicted octanol–water partition coefficient (Wildman–Crippen LogP) is 0.653. The summed E-state index contributed by atoms with van der Waals surface area (Å²) >= 11 is 0. The zero-order valence-corrected chi connectivity index (χ0v) is 6.50. The maximum atomic E-state index is 10.5. The van der Waals surface area contributed by atoms with Crippen LogP contribution < -0.4 is 5.73 Å². The zero-order chi connectivity index (χ0) is 7.72. The van der Waals surface area contributed by atoms with Crippen LogP contribution in [-0.2, 0) is 0 Å². The van der Waals surface area contributed by atoms with Gasteiger partial charge in [0, 0.05) is 13.1 Å². The van der Waals surface area contributed by atoms with Crippen molar-refractivity contribution in [2.75, 3.05) is 13.1 Å². The first-order valence-electron chi connectivity index (χ1n) is 3.65.